The summed E-state index contributed by atoms with van der Waals surface area (Å²) in [5.41, 5.74) is 0.989. The van der Waals surface area contributed by atoms with Gasteiger partial charge in [-0.15, -0.1) is 11.8 Å². The summed E-state index contributed by atoms with van der Waals surface area (Å²) in [5.74, 6) is -0.467. The highest BCUT2D eigenvalue weighted by atomic mass is 32.3. The van der Waals surface area contributed by atoms with Crippen LogP contribution in [0.4, 0.5) is 0 Å². The third-order valence-electron chi connectivity index (χ3n) is 2.46. The van der Waals surface area contributed by atoms with E-state index in [1.807, 2.05) is 6.92 Å². The molecule has 0 fully saturated rings. The van der Waals surface area contributed by atoms with Crippen LogP contribution in [0.3, 0.4) is 0 Å². The molecule has 0 heterocycles. The minimum atomic E-state index is -3.56. The van der Waals surface area contributed by atoms with Gasteiger partial charge in [-0.3, -0.25) is 4.79 Å². The van der Waals surface area contributed by atoms with Gasteiger partial charge in [0.05, 0.1) is 18.4 Å². The molecule has 4 nitrogen and oxygen atoms in total. The fourth-order valence-corrected chi connectivity index (χ4v) is 3.83. The molecule has 0 spiro atoms. The van der Waals surface area contributed by atoms with Crippen molar-refractivity contribution in [2.45, 2.75) is 18.2 Å². The Balaban J connectivity index is 3.08. The van der Waals surface area contributed by atoms with E-state index in [-0.39, 0.29) is 15.6 Å². The van der Waals surface area contributed by atoms with Crippen LogP contribution in [0.15, 0.2) is 39.5 Å². The van der Waals surface area contributed by atoms with Crippen LogP contribution in [0, 0.1) is 6.92 Å². The van der Waals surface area contributed by atoms with Crippen LogP contribution in [0.5, 0.6) is 0 Å². The Morgan fingerprint density at radius 1 is 1.32 bits per heavy atom. The molecule has 0 aliphatic heterocycles. The number of carbonyl (C=O) groups excluding carboxylic acids is 1. The Morgan fingerprint density at radius 2 is 1.89 bits per heavy atom. The van der Waals surface area contributed by atoms with Crippen LogP contribution in [-0.4, -0.2) is 27.8 Å². The van der Waals surface area contributed by atoms with E-state index in [1.54, 1.807) is 30.5 Å². The molecule has 1 aromatic rings. The molecule has 104 valence electrons. The molecule has 0 aliphatic rings. The second kappa shape index (κ2) is 6.77. The molecule has 6 heteroatoms. The molecule has 0 N–H and O–H groups in total. The van der Waals surface area contributed by atoms with Crippen LogP contribution in [0.2, 0.25) is 0 Å². The summed E-state index contributed by atoms with van der Waals surface area (Å²) in [6.45, 7) is 1.89. The highest BCUT2D eigenvalue weighted by Gasteiger charge is 2.20. The maximum Gasteiger partial charge on any atom is 0.309 e. The van der Waals surface area contributed by atoms with Crippen molar-refractivity contribution in [3.8, 4) is 0 Å². The predicted molar refractivity (Wildman–Crippen MR) is 76.6 cm³/mol. The van der Waals surface area contributed by atoms with E-state index < -0.39 is 15.8 Å². The third-order valence-corrected chi connectivity index (χ3v) is 5.78. The lowest BCUT2D eigenvalue weighted by atomic mass is 10.2. The lowest BCUT2D eigenvalue weighted by Gasteiger charge is -2.07. The Labute approximate surface area is 117 Å². The Bertz CT molecular complexity index is 571. The van der Waals surface area contributed by atoms with Gasteiger partial charge in [0, 0.05) is 0 Å². The molecule has 0 aliphatic carbocycles. The summed E-state index contributed by atoms with van der Waals surface area (Å²) in [4.78, 5) is 11.3. The van der Waals surface area contributed by atoms with Gasteiger partial charge in [-0.05, 0) is 31.4 Å². The molecular formula is C13H16O4S2. The molecular weight excluding hydrogens is 284 g/mol. The van der Waals surface area contributed by atoms with E-state index in [2.05, 4.69) is 4.74 Å². The van der Waals surface area contributed by atoms with Crippen LogP contribution >= 0.6 is 11.8 Å². The molecule has 0 bridgehead atoms. The molecule has 0 radical (unpaired) electrons. The minimum Gasteiger partial charge on any atom is -0.469 e. The normalized spacial score (nSPS) is 12.3. The largest absolute Gasteiger partial charge is 0.469 e. The topological polar surface area (TPSA) is 60.4 Å². The third kappa shape index (κ3) is 4.11. The first-order valence-electron chi connectivity index (χ1n) is 5.54. The number of aryl methyl sites for hydroxylation is 1. The summed E-state index contributed by atoms with van der Waals surface area (Å²) >= 11 is 1.09. The fourth-order valence-electron chi connectivity index (χ4n) is 1.39. The average Bonchev–Trinajstić information content (AvgIpc) is 2.39. The molecule has 0 amide bonds. The lowest BCUT2D eigenvalue weighted by molar-refractivity contribution is -0.139. The molecule has 19 heavy (non-hydrogen) atoms. The van der Waals surface area contributed by atoms with Gasteiger partial charge >= 0.3 is 5.97 Å². The van der Waals surface area contributed by atoms with E-state index in [4.69, 9.17) is 0 Å². The Morgan fingerprint density at radius 3 is 2.37 bits per heavy atom. The van der Waals surface area contributed by atoms with Crippen LogP contribution < -0.4 is 0 Å². The van der Waals surface area contributed by atoms with Gasteiger partial charge in [0.15, 0.2) is 0 Å². The number of thioether (sulfide) groups is 1. The van der Waals surface area contributed by atoms with Gasteiger partial charge in [-0.2, -0.15) is 0 Å². The van der Waals surface area contributed by atoms with Crippen molar-refractivity contribution >= 4 is 27.6 Å². The van der Waals surface area contributed by atoms with Crippen molar-refractivity contribution in [2.24, 2.45) is 0 Å². The zero-order valence-corrected chi connectivity index (χ0v) is 12.7. The zero-order chi connectivity index (χ0) is 14.5. The van der Waals surface area contributed by atoms with Crippen LogP contribution in [-0.2, 0) is 19.4 Å². The highest BCUT2D eigenvalue weighted by molar-refractivity contribution is 8.18. The van der Waals surface area contributed by atoms with Crippen molar-refractivity contribution < 1.29 is 17.9 Å². The van der Waals surface area contributed by atoms with E-state index in [0.29, 0.717) is 0 Å². The number of sulfone groups is 1. The molecule has 0 saturated carbocycles. The van der Waals surface area contributed by atoms with E-state index in [1.165, 1.54) is 13.2 Å². The maximum atomic E-state index is 12.3. The predicted octanol–water partition coefficient (Wildman–Crippen LogP) is 2.54. The van der Waals surface area contributed by atoms with Gasteiger partial charge in [0.2, 0.25) is 9.84 Å². The zero-order valence-electron chi connectivity index (χ0n) is 11.0. The second-order valence-corrected chi connectivity index (χ2v) is 6.85. The second-order valence-electron chi connectivity index (χ2n) is 3.82. The maximum absolute atomic E-state index is 12.3. The lowest BCUT2D eigenvalue weighted by Crippen LogP contribution is -2.04. The number of methoxy groups -OCH3 is 1. The summed E-state index contributed by atoms with van der Waals surface area (Å²) in [7, 11) is -2.29. The van der Waals surface area contributed by atoms with Crippen molar-refractivity contribution in [3.05, 3.63) is 40.1 Å². The number of hydrogen-bond donors (Lipinski definition) is 0. The van der Waals surface area contributed by atoms with E-state index >= 15 is 0 Å². The quantitative estimate of drug-likeness (QED) is 0.782. The van der Waals surface area contributed by atoms with Crippen LogP contribution in [0.25, 0.3) is 0 Å². The number of carbonyl (C=O) groups is 1. The Kier molecular flexibility index (Phi) is 5.62. The van der Waals surface area contributed by atoms with Crippen molar-refractivity contribution in [1.29, 1.82) is 0 Å². The summed E-state index contributed by atoms with van der Waals surface area (Å²) in [6.07, 6.45) is 2.98. The monoisotopic (exact) mass is 300 g/mol. The number of esters is 1. The van der Waals surface area contributed by atoms with Crippen molar-refractivity contribution in [1.82, 2.24) is 0 Å². The molecule has 0 atom stereocenters. The summed E-state index contributed by atoms with van der Waals surface area (Å²) < 4.78 is 29.3. The smallest absolute Gasteiger partial charge is 0.309 e. The SMILES string of the molecule is COC(=O)C/C=C(\SC)S(=O)(=O)c1ccc(C)cc1. The molecule has 0 saturated heterocycles. The number of rotatable bonds is 5. The van der Waals surface area contributed by atoms with Gasteiger partial charge in [-0.25, -0.2) is 8.42 Å². The number of ether oxygens (including phenoxy) is 1. The highest BCUT2D eigenvalue weighted by Crippen LogP contribution is 2.27. The average molecular weight is 300 g/mol. The standard InChI is InChI=1S/C13H16O4S2/c1-10-4-6-11(7-5-10)19(15,16)13(18-3)9-8-12(14)17-2/h4-7,9H,8H2,1-3H3/b13-9+. The Hall–Kier alpha value is -1.27. The number of benzene rings is 1. The summed E-state index contributed by atoms with van der Waals surface area (Å²) in [5, 5.41) is 0. The van der Waals surface area contributed by atoms with Crippen LogP contribution in [0.1, 0.15) is 12.0 Å². The van der Waals surface area contributed by atoms with Gasteiger partial charge in [-0.1, -0.05) is 17.7 Å². The first-order valence-corrected chi connectivity index (χ1v) is 8.25. The van der Waals surface area contributed by atoms with Gasteiger partial charge < -0.3 is 4.74 Å². The molecule has 0 aromatic heterocycles. The molecule has 0 unspecified atom stereocenters. The summed E-state index contributed by atoms with van der Waals surface area (Å²) in [6, 6.07) is 6.61. The van der Waals surface area contributed by atoms with E-state index in [0.717, 1.165) is 17.3 Å². The number of hydrogen-bond acceptors (Lipinski definition) is 5. The molecule has 1 rings (SSSR count). The minimum absolute atomic E-state index is 0.0578. The van der Waals surface area contributed by atoms with Gasteiger partial charge in [0.25, 0.3) is 0 Å². The molecule has 1 aromatic carbocycles. The first-order chi connectivity index (χ1) is 8.91. The first kappa shape index (κ1) is 15.8. The van der Waals surface area contributed by atoms with Crippen molar-refractivity contribution in [3.63, 3.8) is 0 Å². The van der Waals surface area contributed by atoms with Crippen molar-refractivity contribution in [2.75, 3.05) is 13.4 Å². The van der Waals surface area contributed by atoms with Gasteiger partial charge in [0.1, 0.15) is 4.24 Å². The van der Waals surface area contributed by atoms with E-state index in [9.17, 15) is 13.2 Å². The fraction of sp³-hybridized carbons (Fsp3) is 0.308.